The first-order valence-electron chi connectivity index (χ1n) is 8.95. The van der Waals surface area contributed by atoms with E-state index in [0.717, 1.165) is 6.42 Å². The molecule has 3 aromatic rings. The van der Waals surface area contributed by atoms with Crippen molar-refractivity contribution in [2.45, 2.75) is 26.9 Å². The van der Waals surface area contributed by atoms with Crippen LogP contribution in [0.2, 0.25) is 0 Å². The van der Waals surface area contributed by atoms with Gasteiger partial charge in [-0.05, 0) is 0 Å². The third kappa shape index (κ3) is 4.30. The van der Waals surface area contributed by atoms with Crippen LogP contribution in [0.3, 0.4) is 0 Å². The van der Waals surface area contributed by atoms with E-state index in [9.17, 15) is 0 Å². The fourth-order valence-corrected chi connectivity index (χ4v) is 4.26. The molecule has 0 spiro atoms. The summed E-state index contributed by atoms with van der Waals surface area (Å²) in [5.41, 5.74) is 9.42. The summed E-state index contributed by atoms with van der Waals surface area (Å²) < 4.78 is 5.48. The van der Waals surface area contributed by atoms with Gasteiger partial charge in [0.1, 0.15) is 0 Å². The topological polar surface area (TPSA) is 9.23 Å². The Kier molecular flexibility index (Phi) is 8.12. The Morgan fingerprint density at radius 3 is 2.29 bits per heavy atom. The van der Waals surface area contributed by atoms with Crippen LogP contribution >= 0.6 is 24.8 Å². The number of rotatable bonds is 4. The van der Waals surface area contributed by atoms with Crippen molar-refractivity contribution in [2.24, 2.45) is 0 Å². The molecular weight excluding hydrogens is 423 g/mol. The van der Waals surface area contributed by atoms with E-state index in [2.05, 4.69) is 80.6 Å². The summed E-state index contributed by atoms with van der Waals surface area (Å²) >= 11 is 1.76. The van der Waals surface area contributed by atoms with E-state index in [0.29, 0.717) is 6.61 Å². The first kappa shape index (κ1) is 22.9. The molecule has 0 amide bonds. The van der Waals surface area contributed by atoms with E-state index in [1.807, 2.05) is 0 Å². The second-order valence-electron chi connectivity index (χ2n) is 6.98. The molecule has 1 nitrogen and oxygen atoms in total. The largest absolute Gasteiger partial charge is 0.147 e. The standard InChI is InChI=1S/C24H21O.2ClH.Ti/c1-16-13-17(2)23(14-16)22-12-11-18-7-3-5-9-20(18)24(22)21-10-6-4-8-19(21)15-25;;;/h3-13H,14-15H2,1-2H3;2*1H;/q-1;;;+1. The number of hydrogen-bond acceptors (Lipinski definition) is 1. The van der Waals surface area contributed by atoms with E-state index < -0.39 is 0 Å². The van der Waals surface area contributed by atoms with Gasteiger partial charge >= 0.3 is 168 Å². The second-order valence-corrected chi connectivity index (χ2v) is 7.43. The molecule has 28 heavy (non-hydrogen) atoms. The Morgan fingerprint density at radius 2 is 1.57 bits per heavy atom. The molecule has 0 saturated heterocycles. The molecular formula is C24H23Cl2OTi. The van der Waals surface area contributed by atoms with Gasteiger partial charge in [-0.25, -0.2) is 0 Å². The fourth-order valence-electron chi connectivity index (χ4n) is 4.01. The summed E-state index contributed by atoms with van der Waals surface area (Å²) in [5, 5.41) is 2.58. The van der Waals surface area contributed by atoms with Crippen LogP contribution in [0, 0.1) is 0 Å². The van der Waals surface area contributed by atoms with Gasteiger partial charge in [-0.15, -0.1) is 24.8 Å². The molecule has 0 fully saturated rings. The van der Waals surface area contributed by atoms with E-state index in [1.165, 1.54) is 49.7 Å². The van der Waals surface area contributed by atoms with Crippen molar-refractivity contribution in [3.8, 4) is 11.1 Å². The van der Waals surface area contributed by atoms with Gasteiger partial charge in [0.25, 0.3) is 0 Å². The second kappa shape index (κ2) is 9.92. The minimum absolute atomic E-state index is 0. The number of allylic oxidation sites excluding steroid dienone is 4. The van der Waals surface area contributed by atoms with Crippen molar-refractivity contribution in [3.63, 3.8) is 0 Å². The Bertz CT molecular complexity index is 1050. The summed E-state index contributed by atoms with van der Waals surface area (Å²) in [4.78, 5) is 0. The molecule has 1 aliphatic carbocycles. The van der Waals surface area contributed by atoms with Crippen molar-refractivity contribution in [1.29, 1.82) is 0 Å². The molecule has 0 aliphatic heterocycles. The Labute approximate surface area is 191 Å². The summed E-state index contributed by atoms with van der Waals surface area (Å²) in [6.45, 7) is 5.07. The van der Waals surface area contributed by atoms with Crippen LogP contribution in [0.25, 0.3) is 27.5 Å². The predicted molar refractivity (Wildman–Crippen MR) is 120 cm³/mol. The van der Waals surface area contributed by atoms with Gasteiger partial charge in [-0.2, -0.15) is 0 Å². The number of halogens is 2. The van der Waals surface area contributed by atoms with Gasteiger partial charge in [0.2, 0.25) is 0 Å². The molecule has 0 radical (unpaired) electrons. The smallest absolute Gasteiger partial charge is 0.147 e. The molecule has 0 N–H and O–H groups in total. The summed E-state index contributed by atoms with van der Waals surface area (Å²) in [6.07, 6.45) is 3.35. The zero-order valence-electron chi connectivity index (χ0n) is 16.0. The fraction of sp³-hybridized carbons (Fsp3) is 0.167. The zero-order chi connectivity index (χ0) is 18.1. The van der Waals surface area contributed by atoms with Crippen molar-refractivity contribution in [1.82, 2.24) is 0 Å². The molecule has 0 aromatic heterocycles. The van der Waals surface area contributed by atoms with E-state index in [-0.39, 0.29) is 24.8 Å². The predicted octanol–water partition coefficient (Wildman–Crippen LogP) is 7.45. The molecule has 0 atom stereocenters. The quantitative estimate of drug-likeness (QED) is 0.378. The maximum absolute atomic E-state index is 5.48. The molecule has 0 heterocycles. The maximum Gasteiger partial charge on any atom is -0.147 e. The monoisotopic (exact) mass is 445 g/mol. The summed E-state index contributed by atoms with van der Waals surface area (Å²) in [6, 6.07) is 21.8. The third-order valence-corrected chi connectivity index (χ3v) is 5.39. The van der Waals surface area contributed by atoms with Crippen LogP contribution in [-0.4, -0.2) is 0 Å². The molecule has 143 valence electrons. The molecule has 4 rings (SSSR count). The average molecular weight is 446 g/mol. The Hall–Kier alpha value is -1.35. The van der Waals surface area contributed by atoms with Crippen LogP contribution < -0.4 is 0 Å². The van der Waals surface area contributed by atoms with Crippen LogP contribution in [0.15, 0.2) is 77.9 Å². The first-order chi connectivity index (χ1) is 12.7. The van der Waals surface area contributed by atoms with Crippen LogP contribution in [0.4, 0.5) is 0 Å². The van der Waals surface area contributed by atoms with Gasteiger partial charge in [-0.3, -0.25) is 0 Å². The molecule has 3 aromatic carbocycles. The number of hydrogen-bond donors (Lipinski definition) is 0. The van der Waals surface area contributed by atoms with Crippen molar-refractivity contribution in [2.75, 3.05) is 0 Å². The van der Waals surface area contributed by atoms with Crippen LogP contribution in [-0.2, 0) is 30.7 Å². The third-order valence-electron chi connectivity index (χ3n) is 5.16. The molecule has 4 heteroatoms. The summed E-state index contributed by atoms with van der Waals surface area (Å²) in [7, 11) is 0. The minimum Gasteiger partial charge on any atom is -0.147 e. The normalized spacial score (nSPS) is 13.1. The van der Waals surface area contributed by atoms with E-state index in [1.54, 1.807) is 20.8 Å². The number of benzene rings is 3. The summed E-state index contributed by atoms with van der Waals surface area (Å²) in [5.74, 6) is 0. The molecule has 0 bridgehead atoms. The maximum atomic E-state index is 5.48. The van der Waals surface area contributed by atoms with E-state index in [4.69, 9.17) is 3.32 Å². The van der Waals surface area contributed by atoms with Crippen molar-refractivity contribution < 1.29 is 24.1 Å². The van der Waals surface area contributed by atoms with Gasteiger partial charge in [0.15, 0.2) is 0 Å². The van der Waals surface area contributed by atoms with Gasteiger partial charge in [0.05, 0.1) is 0 Å². The van der Waals surface area contributed by atoms with Crippen LogP contribution in [0.1, 0.15) is 31.4 Å². The van der Waals surface area contributed by atoms with E-state index >= 15 is 0 Å². The Morgan fingerprint density at radius 1 is 0.857 bits per heavy atom. The first-order valence-corrected chi connectivity index (χ1v) is 9.58. The van der Waals surface area contributed by atoms with Crippen molar-refractivity contribution in [3.05, 3.63) is 89.0 Å². The SMILES string of the molecule is CC1=CC(C)=C(c2ccc3ccccc3c2-c2ccccc2C[O][Ti])C1.Cl.Cl. The number of fused-ring (bicyclic) bond motifs is 1. The zero-order valence-corrected chi connectivity index (χ0v) is 19.2. The van der Waals surface area contributed by atoms with Gasteiger partial charge in [-0.1, -0.05) is 0 Å². The van der Waals surface area contributed by atoms with Gasteiger partial charge < -0.3 is 0 Å². The molecule has 0 saturated carbocycles. The van der Waals surface area contributed by atoms with Gasteiger partial charge in [0, 0.05) is 0 Å². The molecule has 1 aliphatic rings. The van der Waals surface area contributed by atoms with Crippen LogP contribution in [0.5, 0.6) is 0 Å². The minimum atomic E-state index is 0. The van der Waals surface area contributed by atoms with Crippen molar-refractivity contribution >= 4 is 41.2 Å². The molecule has 0 unspecified atom stereocenters. The Balaban J connectivity index is 0.00000140. The average Bonchev–Trinajstić information content (AvgIpc) is 3.00.